The number of oxazole rings is 1. The van der Waals surface area contributed by atoms with Crippen LogP contribution in [0.25, 0.3) is 0 Å². The van der Waals surface area contributed by atoms with Crippen molar-refractivity contribution >= 4 is 0 Å². The Bertz CT molecular complexity index is 292. The first-order chi connectivity index (χ1) is 7.38. The van der Waals surface area contributed by atoms with Crippen molar-refractivity contribution in [2.24, 2.45) is 5.92 Å². The quantitative estimate of drug-likeness (QED) is 0.745. The molecule has 2 heterocycles. The minimum absolute atomic E-state index is 0.709. The fourth-order valence-electron chi connectivity index (χ4n) is 1.95. The van der Waals surface area contributed by atoms with E-state index in [9.17, 15) is 0 Å². The van der Waals surface area contributed by atoms with Crippen molar-refractivity contribution in [1.29, 1.82) is 0 Å². The van der Waals surface area contributed by atoms with Gasteiger partial charge in [-0.1, -0.05) is 0 Å². The molecule has 0 spiro atoms. The lowest BCUT2D eigenvalue weighted by molar-refractivity contribution is 0.442. The highest BCUT2D eigenvalue weighted by Gasteiger charge is 2.17. The van der Waals surface area contributed by atoms with Gasteiger partial charge < -0.3 is 15.1 Å². The highest BCUT2D eigenvalue weighted by molar-refractivity contribution is 4.98. The SMILES string of the molecule is CNCCc1coc(CC2CCNC2)n1. The van der Waals surface area contributed by atoms with Gasteiger partial charge in [-0.25, -0.2) is 4.98 Å². The predicted molar refractivity (Wildman–Crippen MR) is 58.8 cm³/mol. The highest BCUT2D eigenvalue weighted by atomic mass is 16.3. The van der Waals surface area contributed by atoms with Gasteiger partial charge in [0.15, 0.2) is 5.89 Å². The standard InChI is InChI=1S/C11H19N3O/c1-12-4-3-10-8-15-11(14-10)6-9-2-5-13-7-9/h8-9,12-13H,2-7H2,1H3. The second kappa shape index (κ2) is 5.28. The predicted octanol–water partition coefficient (Wildman–Crippen LogP) is 0.588. The molecule has 0 amide bonds. The zero-order valence-corrected chi connectivity index (χ0v) is 9.25. The Kier molecular flexibility index (Phi) is 3.75. The van der Waals surface area contributed by atoms with Gasteiger partial charge in [-0.2, -0.15) is 0 Å². The van der Waals surface area contributed by atoms with Crippen LogP contribution >= 0.6 is 0 Å². The number of likely N-dealkylation sites (N-methyl/N-ethyl adjacent to an activating group) is 1. The molecule has 4 heteroatoms. The average molecular weight is 209 g/mol. The molecular weight excluding hydrogens is 190 g/mol. The van der Waals surface area contributed by atoms with Gasteiger partial charge in [0.05, 0.1) is 5.69 Å². The molecule has 4 nitrogen and oxygen atoms in total. The van der Waals surface area contributed by atoms with Crippen molar-refractivity contribution in [1.82, 2.24) is 15.6 Å². The summed E-state index contributed by atoms with van der Waals surface area (Å²) in [6.07, 6.45) is 4.96. The van der Waals surface area contributed by atoms with Crippen LogP contribution in [0.5, 0.6) is 0 Å². The van der Waals surface area contributed by atoms with Crippen molar-refractivity contribution in [3.63, 3.8) is 0 Å². The van der Waals surface area contributed by atoms with Gasteiger partial charge in [0.25, 0.3) is 0 Å². The van der Waals surface area contributed by atoms with Gasteiger partial charge in [-0.15, -0.1) is 0 Å². The van der Waals surface area contributed by atoms with E-state index in [0.717, 1.165) is 44.1 Å². The lowest BCUT2D eigenvalue weighted by Crippen LogP contribution is -2.11. The van der Waals surface area contributed by atoms with Crippen LogP contribution in [0.3, 0.4) is 0 Å². The Labute approximate surface area is 90.5 Å². The molecule has 1 unspecified atom stereocenters. The number of aromatic nitrogens is 1. The van der Waals surface area contributed by atoms with Crippen molar-refractivity contribution in [3.8, 4) is 0 Å². The van der Waals surface area contributed by atoms with Gasteiger partial charge in [0, 0.05) is 19.4 Å². The second-order valence-electron chi connectivity index (χ2n) is 4.15. The molecule has 1 atom stereocenters. The zero-order chi connectivity index (χ0) is 10.5. The maximum Gasteiger partial charge on any atom is 0.194 e. The van der Waals surface area contributed by atoms with E-state index in [2.05, 4.69) is 15.6 Å². The summed E-state index contributed by atoms with van der Waals surface area (Å²) in [4.78, 5) is 4.48. The number of rotatable bonds is 5. The Morgan fingerprint density at radius 1 is 1.67 bits per heavy atom. The van der Waals surface area contributed by atoms with Crippen LogP contribution in [0.2, 0.25) is 0 Å². The molecule has 0 bridgehead atoms. The molecule has 84 valence electrons. The fraction of sp³-hybridized carbons (Fsp3) is 0.727. The summed E-state index contributed by atoms with van der Waals surface area (Å²) in [6, 6.07) is 0. The minimum Gasteiger partial charge on any atom is -0.449 e. The first-order valence-corrected chi connectivity index (χ1v) is 5.67. The Morgan fingerprint density at radius 3 is 3.33 bits per heavy atom. The molecule has 1 saturated heterocycles. The van der Waals surface area contributed by atoms with E-state index in [-0.39, 0.29) is 0 Å². The molecule has 0 radical (unpaired) electrons. The van der Waals surface area contributed by atoms with Crippen LogP contribution in [0.15, 0.2) is 10.7 Å². The second-order valence-corrected chi connectivity index (χ2v) is 4.15. The maximum absolute atomic E-state index is 5.46. The lowest BCUT2D eigenvalue weighted by atomic mass is 10.1. The van der Waals surface area contributed by atoms with Crippen LogP contribution in [0.1, 0.15) is 18.0 Å². The van der Waals surface area contributed by atoms with Crippen molar-refractivity contribution in [2.75, 3.05) is 26.7 Å². The lowest BCUT2D eigenvalue weighted by Gasteiger charge is -2.02. The smallest absolute Gasteiger partial charge is 0.194 e. The molecule has 0 saturated carbocycles. The van der Waals surface area contributed by atoms with Crippen molar-refractivity contribution in [2.45, 2.75) is 19.3 Å². The Morgan fingerprint density at radius 2 is 2.60 bits per heavy atom. The monoisotopic (exact) mass is 209 g/mol. The molecule has 15 heavy (non-hydrogen) atoms. The molecule has 1 aromatic rings. The molecule has 1 aromatic heterocycles. The summed E-state index contributed by atoms with van der Waals surface area (Å²) < 4.78 is 5.46. The van der Waals surface area contributed by atoms with E-state index in [0.29, 0.717) is 5.92 Å². The third-order valence-electron chi connectivity index (χ3n) is 2.86. The first kappa shape index (κ1) is 10.6. The molecule has 1 aliphatic heterocycles. The molecule has 2 N–H and O–H groups in total. The van der Waals surface area contributed by atoms with Crippen LogP contribution in [0, 0.1) is 5.92 Å². The van der Waals surface area contributed by atoms with Gasteiger partial charge in [-0.3, -0.25) is 0 Å². The summed E-state index contributed by atoms with van der Waals surface area (Å²) in [5.74, 6) is 1.61. The van der Waals surface area contributed by atoms with E-state index in [1.807, 2.05) is 7.05 Å². The highest BCUT2D eigenvalue weighted by Crippen LogP contribution is 2.14. The molecule has 2 rings (SSSR count). The van der Waals surface area contributed by atoms with E-state index in [1.54, 1.807) is 6.26 Å². The third-order valence-corrected chi connectivity index (χ3v) is 2.86. The third kappa shape index (κ3) is 3.04. The van der Waals surface area contributed by atoms with Gasteiger partial charge in [0.2, 0.25) is 0 Å². The number of hydrogen-bond donors (Lipinski definition) is 2. The number of nitrogens with zero attached hydrogens (tertiary/aromatic N) is 1. The summed E-state index contributed by atoms with van der Waals surface area (Å²) in [6.45, 7) is 3.20. The van der Waals surface area contributed by atoms with Gasteiger partial charge in [0.1, 0.15) is 6.26 Å². The molecule has 1 fully saturated rings. The normalized spacial score (nSPS) is 21.0. The first-order valence-electron chi connectivity index (χ1n) is 5.67. The summed E-state index contributed by atoms with van der Waals surface area (Å²) in [5, 5.41) is 6.46. The minimum atomic E-state index is 0.709. The van der Waals surface area contributed by atoms with E-state index in [1.165, 1.54) is 6.42 Å². The average Bonchev–Trinajstić information content (AvgIpc) is 2.87. The Hall–Kier alpha value is -0.870. The van der Waals surface area contributed by atoms with Crippen LogP contribution in [0.4, 0.5) is 0 Å². The molecule has 0 aliphatic carbocycles. The van der Waals surface area contributed by atoms with E-state index < -0.39 is 0 Å². The molecular formula is C11H19N3O. The van der Waals surface area contributed by atoms with E-state index in [4.69, 9.17) is 4.42 Å². The molecule has 0 aromatic carbocycles. The van der Waals surface area contributed by atoms with Crippen LogP contribution in [-0.2, 0) is 12.8 Å². The number of nitrogens with one attached hydrogen (secondary N) is 2. The maximum atomic E-state index is 5.46. The largest absolute Gasteiger partial charge is 0.449 e. The topological polar surface area (TPSA) is 50.1 Å². The summed E-state index contributed by atoms with van der Waals surface area (Å²) >= 11 is 0. The van der Waals surface area contributed by atoms with Crippen molar-refractivity contribution < 1.29 is 4.42 Å². The van der Waals surface area contributed by atoms with E-state index >= 15 is 0 Å². The fourth-order valence-corrected chi connectivity index (χ4v) is 1.95. The van der Waals surface area contributed by atoms with Gasteiger partial charge >= 0.3 is 0 Å². The molecule has 1 aliphatic rings. The summed E-state index contributed by atoms with van der Waals surface area (Å²) in [7, 11) is 1.95. The van der Waals surface area contributed by atoms with Crippen molar-refractivity contribution in [3.05, 3.63) is 17.8 Å². The zero-order valence-electron chi connectivity index (χ0n) is 9.25. The van der Waals surface area contributed by atoms with Crippen LogP contribution in [-0.4, -0.2) is 31.7 Å². The Balaban J connectivity index is 1.83. The van der Waals surface area contributed by atoms with Gasteiger partial charge in [-0.05, 0) is 32.5 Å². The number of hydrogen-bond acceptors (Lipinski definition) is 4. The van der Waals surface area contributed by atoms with Crippen LogP contribution < -0.4 is 10.6 Å². The summed E-state index contributed by atoms with van der Waals surface area (Å²) in [5.41, 5.74) is 1.06.